The summed E-state index contributed by atoms with van der Waals surface area (Å²) in [6, 6.07) is 12.8. The van der Waals surface area contributed by atoms with Gasteiger partial charge >= 0.3 is 0 Å². The van der Waals surface area contributed by atoms with Gasteiger partial charge in [-0.3, -0.25) is 9.78 Å². The fraction of sp³-hybridized carbons (Fsp3) is 0.280. The molecule has 0 saturated carbocycles. The Morgan fingerprint density at radius 1 is 1.06 bits per heavy atom. The lowest BCUT2D eigenvalue weighted by Gasteiger charge is -2.32. The van der Waals surface area contributed by atoms with Gasteiger partial charge in [-0.2, -0.15) is 0 Å². The highest BCUT2D eigenvalue weighted by Gasteiger charge is 2.56. The van der Waals surface area contributed by atoms with Crippen LogP contribution in [0.1, 0.15) is 39.9 Å². The van der Waals surface area contributed by atoms with E-state index >= 15 is 4.39 Å². The van der Waals surface area contributed by atoms with E-state index in [9.17, 15) is 9.90 Å². The average molecular weight is 432 g/mol. The van der Waals surface area contributed by atoms with Crippen LogP contribution in [0.15, 0.2) is 60.9 Å². The predicted molar refractivity (Wildman–Crippen MR) is 118 cm³/mol. The van der Waals surface area contributed by atoms with Crippen LogP contribution < -0.4 is 10.9 Å². The molecule has 0 radical (unpaired) electrons. The van der Waals surface area contributed by atoms with Gasteiger partial charge in [0.1, 0.15) is 17.6 Å². The van der Waals surface area contributed by atoms with Crippen LogP contribution in [0.4, 0.5) is 4.39 Å². The number of aromatic hydroxyl groups is 1. The second-order valence-electron chi connectivity index (χ2n) is 8.63. The molecule has 2 fully saturated rings. The first-order valence-corrected chi connectivity index (χ1v) is 10.7. The number of halogens is 1. The molecule has 2 saturated heterocycles. The summed E-state index contributed by atoms with van der Waals surface area (Å²) in [6.07, 6.45) is 3.40. The van der Waals surface area contributed by atoms with Crippen molar-refractivity contribution in [2.24, 2.45) is 5.92 Å². The molecule has 4 unspecified atom stereocenters. The lowest BCUT2D eigenvalue weighted by Crippen LogP contribution is -2.41. The molecule has 3 heterocycles. The number of nitrogens with zero attached hydrogens (tertiary/aromatic N) is 2. The van der Waals surface area contributed by atoms with Crippen LogP contribution >= 0.6 is 0 Å². The minimum absolute atomic E-state index is 0.106. The van der Waals surface area contributed by atoms with E-state index in [1.165, 1.54) is 6.07 Å². The number of phenolic OH excluding ortho intramolecular Hbond substituents is 1. The van der Waals surface area contributed by atoms with Crippen molar-refractivity contribution in [3.05, 3.63) is 94.6 Å². The molecule has 32 heavy (non-hydrogen) atoms. The van der Waals surface area contributed by atoms with Crippen molar-refractivity contribution in [1.29, 1.82) is 0 Å². The summed E-state index contributed by atoms with van der Waals surface area (Å²) in [7, 11) is 0. The maximum absolute atomic E-state index is 15.0. The molecular formula is C25H25FN4O2. The van der Waals surface area contributed by atoms with Crippen molar-refractivity contribution < 1.29 is 14.3 Å². The highest BCUT2D eigenvalue weighted by Crippen LogP contribution is 2.49. The molecule has 5 rings (SSSR count). The van der Waals surface area contributed by atoms with E-state index in [1.54, 1.807) is 35.5 Å². The minimum atomic E-state index is -0.540. The maximum Gasteiger partial charge on any atom is 0.242 e. The molecule has 164 valence electrons. The van der Waals surface area contributed by atoms with Crippen LogP contribution in [0.3, 0.4) is 0 Å². The van der Waals surface area contributed by atoms with Gasteiger partial charge in [0.05, 0.1) is 12.1 Å². The van der Waals surface area contributed by atoms with Crippen molar-refractivity contribution >= 4 is 5.91 Å². The average Bonchev–Trinajstić information content (AvgIpc) is 3.32. The Kier molecular flexibility index (Phi) is 5.15. The summed E-state index contributed by atoms with van der Waals surface area (Å²) in [6.45, 7) is 4.15. The maximum atomic E-state index is 15.0. The third kappa shape index (κ3) is 3.34. The van der Waals surface area contributed by atoms with Gasteiger partial charge in [0.15, 0.2) is 0 Å². The number of fused-ring (bicyclic) bond motifs is 1. The van der Waals surface area contributed by atoms with Crippen molar-refractivity contribution in [3.8, 4) is 5.75 Å². The van der Waals surface area contributed by atoms with E-state index in [0.717, 1.165) is 16.7 Å². The molecule has 0 aliphatic carbocycles. The summed E-state index contributed by atoms with van der Waals surface area (Å²) in [4.78, 5) is 19.4. The second-order valence-corrected chi connectivity index (χ2v) is 8.63. The molecule has 6 nitrogen and oxygen atoms in total. The predicted octanol–water partition coefficient (Wildman–Crippen LogP) is 3.46. The van der Waals surface area contributed by atoms with Gasteiger partial charge < -0.3 is 10.0 Å². The van der Waals surface area contributed by atoms with Crippen LogP contribution in [0.5, 0.6) is 5.75 Å². The van der Waals surface area contributed by atoms with Gasteiger partial charge in [-0.1, -0.05) is 42.0 Å². The van der Waals surface area contributed by atoms with Gasteiger partial charge in [0.2, 0.25) is 5.91 Å². The van der Waals surface area contributed by atoms with Gasteiger partial charge in [0.25, 0.3) is 0 Å². The molecule has 0 bridgehead atoms. The van der Waals surface area contributed by atoms with E-state index in [0.29, 0.717) is 17.7 Å². The first-order valence-electron chi connectivity index (χ1n) is 10.7. The number of phenols is 1. The van der Waals surface area contributed by atoms with E-state index < -0.39 is 12.1 Å². The largest absolute Gasteiger partial charge is 0.507 e. The highest BCUT2D eigenvalue weighted by atomic mass is 19.1. The van der Waals surface area contributed by atoms with Crippen LogP contribution in [-0.2, 0) is 11.3 Å². The normalized spacial score (nSPS) is 24.7. The second kappa shape index (κ2) is 8.00. The number of aromatic nitrogens is 1. The van der Waals surface area contributed by atoms with Crippen molar-refractivity contribution in [1.82, 2.24) is 20.7 Å². The van der Waals surface area contributed by atoms with E-state index in [-0.39, 0.29) is 29.4 Å². The van der Waals surface area contributed by atoms with Crippen LogP contribution in [0, 0.1) is 25.6 Å². The highest BCUT2D eigenvalue weighted by molar-refractivity contribution is 5.86. The molecular weight excluding hydrogens is 407 g/mol. The number of likely N-dealkylation sites (tertiary alicyclic amines) is 1. The standard InChI is InChI=1S/C25H25FN4O2/c1-14-10-15(2)24(31)18(11-14)21-20-22(29-28-21)25(32)30(13-16-6-5-9-27-12-16)23(20)17-7-3-4-8-19(17)26/h3-12,20-23,28-29,31H,13H2,1-2H3. The molecule has 2 aromatic carbocycles. The number of carbonyl (C=O) groups excluding carboxylic acids is 1. The number of amides is 1. The lowest BCUT2D eigenvalue weighted by molar-refractivity contribution is -0.131. The van der Waals surface area contributed by atoms with Crippen molar-refractivity contribution in [2.75, 3.05) is 0 Å². The third-order valence-corrected chi connectivity index (χ3v) is 6.52. The molecule has 1 amide bonds. The molecule has 4 atom stereocenters. The number of hydrazine groups is 1. The SMILES string of the molecule is Cc1cc(C)c(O)c(C2NNC3C(=O)N(Cc4cccnc4)C(c4ccccc4F)C32)c1. The molecule has 2 aliphatic rings. The Bertz CT molecular complexity index is 1170. The van der Waals surface area contributed by atoms with Gasteiger partial charge in [-0.05, 0) is 37.1 Å². The number of nitrogens with one attached hydrogen (secondary N) is 2. The van der Waals surface area contributed by atoms with E-state index in [2.05, 4.69) is 15.8 Å². The summed E-state index contributed by atoms with van der Waals surface area (Å²) < 4.78 is 15.0. The Morgan fingerprint density at radius 2 is 1.84 bits per heavy atom. The van der Waals surface area contributed by atoms with Gasteiger partial charge in [-0.25, -0.2) is 15.2 Å². The lowest BCUT2D eigenvalue weighted by atomic mass is 9.82. The monoisotopic (exact) mass is 432 g/mol. The van der Waals surface area contributed by atoms with Gasteiger partial charge in [-0.15, -0.1) is 0 Å². The summed E-state index contributed by atoms with van der Waals surface area (Å²) in [5.41, 5.74) is 10.2. The molecule has 7 heteroatoms. The zero-order valence-electron chi connectivity index (χ0n) is 17.9. The first-order chi connectivity index (χ1) is 15.5. The zero-order valence-corrected chi connectivity index (χ0v) is 17.9. The van der Waals surface area contributed by atoms with E-state index in [1.807, 2.05) is 38.1 Å². The Hall–Kier alpha value is -3.29. The number of aryl methyl sites for hydroxylation is 2. The van der Waals surface area contributed by atoms with Crippen molar-refractivity contribution in [2.45, 2.75) is 38.5 Å². The first kappa shape index (κ1) is 20.6. The van der Waals surface area contributed by atoms with Gasteiger partial charge in [0, 0.05) is 36.0 Å². The third-order valence-electron chi connectivity index (χ3n) is 6.52. The molecule has 3 N–H and O–H groups in total. The Balaban J connectivity index is 1.62. The zero-order chi connectivity index (χ0) is 22.4. The number of rotatable bonds is 4. The number of benzene rings is 2. The number of carbonyl (C=O) groups is 1. The molecule has 0 spiro atoms. The fourth-order valence-electron chi connectivity index (χ4n) is 5.15. The number of pyridine rings is 1. The molecule has 2 aliphatic heterocycles. The fourth-order valence-corrected chi connectivity index (χ4v) is 5.15. The molecule has 1 aromatic heterocycles. The van der Waals surface area contributed by atoms with E-state index in [4.69, 9.17) is 0 Å². The Labute approximate surface area is 186 Å². The summed E-state index contributed by atoms with van der Waals surface area (Å²) in [5, 5.41) is 10.8. The molecule has 3 aromatic rings. The smallest absolute Gasteiger partial charge is 0.242 e. The topological polar surface area (TPSA) is 77.5 Å². The Morgan fingerprint density at radius 3 is 2.59 bits per heavy atom. The van der Waals surface area contributed by atoms with Crippen molar-refractivity contribution in [3.63, 3.8) is 0 Å². The summed E-state index contributed by atoms with van der Waals surface area (Å²) in [5.74, 6) is -0.576. The summed E-state index contributed by atoms with van der Waals surface area (Å²) >= 11 is 0. The number of hydrogen-bond donors (Lipinski definition) is 3. The van der Waals surface area contributed by atoms with Crippen LogP contribution in [0.2, 0.25) is 0 Å². The van der Waals surface area contributed by atoms with Crippen LogP contribution in [-0.4, -0.2) is 26.9 Å². The van der Waals surface area contributed by atoms with Crippen LogP contribution in [0.25, 0.3) is 0 Å². The quantitative estimate of drug-likeness (QED) is 0.589. The number of hydrogen-bond acceptors (Lipinski definition) is 5. The minimum Gasteiger partial charge on any atom is -0.507 e.